The summed E-state index contributed by atoms with van der Waals surface area (Å²) in [6, 6.07) is 8.27. The van der Waals surface area contributed by atoms with E-state index in [0.29, 0.717) is 31.8 Å². The molecule has 34 heavy (non-hydrogen) atoms. The van der Waals surface area contributed by atoms with Crippen LogP contribution in [0.3, 0.4) is 0 Å². The number of benzene rings is 1. The number of amides is 1. The van der Waals surface area contributed by atoms with E-state index in [4.69, 9.17) is 49.4 Å². The average molecular weight is 524 g/mol. The standard InChI is InChI=1S/C21H17Cl3N6O4/c22-12-4-5-17(25-8-12)29-20(32)16(10-33-7-6-31)34-21-13-9-28-30(19(13)26-11-27-21)15-3-1-2-14(23)18(15)24/h1-5,8-9,11,16,31H,6-7,10H2,(H,25,29,32). The van der Waals surface area contributed by atoms with Crippen LogP contribution in [0.1, 0.15) is 0 Å². The molecule has 10 nitrogen and oxygen atoms in total. The fraction of sp³-hybridized carbons (Fsp3) is 0.190. The molecule has 4 rings (SSSR count). The summed E-state index contributed by atoms with van der Waals surface area (Å²) in [5.41, 5.74) is 0.909. The molecule has 0 fully saturated rings. The number of carbonyl (C=O) groups excluding carboxylic acids is 1. The summed E-state index contributed by atoms with van der Waals surface area (Å²) in [7, 11) is 0. The van der Waals surface area contributed by atoms with Crippen molar-refractivity contribution in [1.29, 1.82) is 0 Å². The number of fused-ring (bicyclic) bond motifs is 1. The highest BCUT2D eigenvalue weighted by Gasteiger charge is 2.24. The molecule has 0 aliphatic heterocycles. The highest BCUT2D eigenvalue weighted by Crippen LogP contribution is 2.31. The lowest BCUT2D eigenvalue weighted by molar-refractivity contribution is -0.125. The van der Waals surface area contributed by atoms with E-state index in [-0.39, 0.29) is 31.5 Å². The second-order valence-corrected chi connectivity index (χ2v) is 8.02. The van der Waals surface area contributed by atoms with Crippen LogP contribution in [0.25, 0.3) is 16.7 Å². The third-order valence-corrected chi connectivity index (χ3v) is 5.55. The summed E-state index contributed by atoms with van der Waals surface area (Å²) >= 11 is 18.3. The van der Waals surface area contributed by atoms with Gasteiger partial charge in [0.1, 0.15) is 17.5 Å². The molecule has 1 amide bonds. The third-order valence-electron chi connectivity index (χ3n) is 4.52. The smallest absolute Gasteiger partial charge is 0.269 e. The van der Waals surface area contributed by atoms with Crippen LogP contribution >= 0.6 is 34.8 Å². The van der Waals surface area contributed by atoms with Gasteiger partial charge in [0.15, 0.2) is 5.65 Å². The first-order valence-electron chi connectivity index (χ1n) is 9.88. The molecule has 0 saturated heterocycles. The molecule has 0 aliphatic carbocycles. The van der Waals surface area contributed by atoms with E-state index in [0.717, 1.165) is 0 Å². The number of nitrogens with zero attached hydrogens (tertiary/aromatic N) is 5. The molecule has 4 aromatic rings. The van der Waals surface area contributed by atoms with Crippen LogP contribution < -0.4 is 10.1 Å². The van der Waals surface area contributed by atoms with Gasteiger partial charge in [0, 0.05) is 6.20 Å². The van der Waals surface area contributed by atoms with Gasteiger partial charge >= 0.3 is 0 Å². The summed E-state index contributed by atoms with van der Waals surface area (Å²) < 4.78 is 12.7. The number of rotatable bonds is 9. The predicted octanol–water partition coefficient (Wildman–Crippen LogP) is 3.57. The van der Waals surface area contributed by atoms with Gasteiger partial charge in [0.05, 0.1) is 46.8 Å². The molecule has 0 aliphatic rings. The van der Waals surface area contributed by atoms with E-state index >= 15 is 0 Å². The largest absolute Gasteiger partial charge is 0.461 e. The first-order chi connectivity index (χ1) is 16.5. The van der Waals surface area contributed by atoms with Crippen molar-refractivity contribution in [2.24, 2.45) is 0 Å². The molecule has 2 N–H and O–H groups in total. The topological polar surface area (TPSA) is 124 Å². The van der Waals surface area contributed by atoms with Crippen LogP contribution in [0, 0.1) is 0 Å². The molecule has 1 atom stereocenters. The van der Waals surface area contributed by atoms with Crippen molar-refractivity contribution in [2.75, 3.05) is 25.1 Å². The number of aromatic nitrogens is 5. The van der Waals surface area contributed by atoms with Gasteiger partial charge in [-0.25, -0.2) is 19.6 Å². The highest BCUT2D eigenvalue weighted by atomic mass is 35.5. The van der Waals surface area contributed by atoms with E-state index in [1.54, 1.807) is 30.3 Å². The molecule has 0 spiro atoms. The number of hydrogen-bond donors (Lipinski definition) is 2. The number of aliphatic hydroxyl groups is 1. The third kappa shape index (κ3) is 5.37. The van der Waals surface area contributed by atoms with Gasteiger partial charge in [-0.15, -0.1) is 0 Å². The van der Waals surface area contributed by atoms with E-state index in [2.05, 4.69) is 25.4 Å². The van der Waals surface area contributed by atoms with Gasteiger partial charge < -0.3 is 19.9 Å². The second-order valence-electron chi connectivity index (χ2n) is 6.80. The lowest BCUT2D eigenvalue weighted by Crippen LogP contribution is -2.37. The van der Waals surface area contributed by atoms with E-state index in [9.17, 15) is 4.79 Å². The van der Waals surface area contributed by atoms with Gasteiger partial charge in [0.2, 0.25) is 12.0 Å². The van der Waals surface area contributed by atoms with Gasteiger partial charge in [-0.2, -0.15) is 5.10 Å². The Morgan fingerprint density at radius 1 is 1.12 bits per heavy atom. The molecule has 3 aromatic heterocycles. The molecule has 0 saturated carbocycles. The predicted molar refractivity (Wildman–Crippen MR) is 127 cm³/mol. The maximum atomic E-state index is 12.9. The van der Waals surface area contributed by atoms with Crippen molar-refractivity contribution >= 4 is 57.6 Å². The first-order valence-corrected chi connectivity index (χ1v) is 11.0. The van der Waals surface area contributed by atoms with Crippen molar-refractivity contribution in [1.82, 2.24) is 24.7 Å². The minimum absolute atomic E-state index is 0.0245. The maximum Gasteiger partial charge on any atom is 0.269 e. The zero-order chi connectivity index (χ0) is 24.1. The number of halogens is 3. The van der Waals surface area contributed by atoms with Crippen LogP contribution in [0.15, 0.2) is 49.1 Å². The maximum absolute atomic E-state index is 12.9. The normalized spacial score (nSPS) is 12.0. The average Bonchev–Trinajstić information content (AvgIpc) is 3.26. The Kier molecular flexibility index (Phi) is 7.76. The van der Waals surface area contributed by atoms with Crippen LogP contribution in [-0.2, 0) is 9.53 Å². The minimum Gasteiger partial charge on any atom is -0.461 e. The summed E-state index contributed by atoms with van der Waals surface area (Å²) in [5, 5.41) is 17.5. The molecule has 1 unspecified atom stereocenters. The molecule has 176 valence electrons. The summed E-state index contributed by atoms with van der Waals surface area (Å²) in [6.45, 7) is -0.339. The Morgan fingerprint density at radius 2 is 1.97 bits per heavy atom. The zero-order valence-corrected chi connectivity index (χ0v) is 19.6. The number of aliphatic hydroxyl groups excluding tert-OH is 1. The molecular weight excluding hydrogens is 507 g/mol. The molecule has 1 aromatic carbocycles. The van der Waals surface area contributed by atoms with Crippen molar-refractivity contribution in [3.63, 3.8) is 0 Å². The Labute approximate surface area is 208 Å². The van der Waals surface area contributed by atoms with Crippen molar-refractivity contribution in [3.05, 3.63) is 64.1 Å². The highest BCUT2D eigenvalue weighted by molar-refractivity contribution is 6.43. The number of ether oxygens (including phenoxy) is 2. The number of anilines is 1. The van der Waals surface area contributed by atoms with Gasteiger partial charge in [0.25, 0.3) is 5.91 Å². The van der Waals surface area contributed by atoms with Gasteiger partial charge in [-0.1, -0.05) is 40.9 Å². The molecule has 0 radical (unpaired) electrons. The Hall–Kier alpha value is -3.02. The molecular formula is C21H17Cl3N6O4. The Bertz CT molecular complexity index is 1300. The number of hydrogen-bond acceptors (Lipinski definition) is 8. The number of carbonyl (C=O) groups is 1. The minimum atomic E-state index is -1.12. The van der Waals surface area contributed by atoms with Crippen molar-refractivity contribution < 1.29 is 19.4 Å². The Morgan fingerprint density at radius 3 is 2.74 bits per heavy atom. The van der Waals surface area contributed by atoms with E-state index in [1.807, 2.05) is 0 Å². The van der Waals surface area contributed by atoms with Crippen LogP contribution in [-0.4, -0.2) is 61.7 Å². The van der Waals surface area contributed by atoms with Crippen LogP contribution in [0.2, 0.25) is 15.1 Å². The van der Waals surface area contributed by atoms with E-state index in [1.165, 1.54) is 23.4 Å². The molecule has 0 bridgehead atoms. The first kappa shape index (κ1) is 24.1. The SMILES string of the molecule is O=C(Nc1ccc(Cl)cn1)C(COCCO)Oc1ncnc2c1cnn2-c1cccc(Cl)c1Cl. The lowest BCUT2D eigenvalue weighted by atomic mass is 10.3. The monoisotopic (exact) mass is 522 g/mol. The summed E-state index contributed by atoms with van der Waals surface area (Å²) in [5.74, 6) is -0.155. The van der Waals surface area contributed by atoms with Crippen molar-refractivity contribution in [2.45, 2.75) is 6.10 Å². The van der Waals surface area contributed by atoms with E-state index < -0.39 is 12.0 Å². The number of nitrogens with one attached hydrogen (secondary N) is 1. The fourth-order valence-electron chi connectivity index (χ4n) is 2.96. The zero-order valence-electron chi connectivity index (χ0n) is 17.4. The van der Waals surface area contributed by atoms with Gasteiger partial charge in [-0.05, 0) is 24.3 Å². The second kappa shape index (κ2) is 10.9. The quantitative estimate of drug-likeness (QED) is 0.319. The summed E-state index contributed by atoms with van der Waals surface area (Å²) in [6.07, 6.45) is 3.05. The van der Waals surface area contributed by atoms with Crippen molar-refractivity contribution in [3.8, 4) is 11.6 Å². The van der Waals surface area contributed by atoms with Gasteiger partial charge in [-0.3, -0.25) is 4.79 Å². The summed E-state index contributed by atoms with van der Waals surface area (Å²) in [4.78, 5) is 25.4. The lowest BCUT2D eigenvalue weighted by Gasteiger charge is -2.18. The fourth-order valence-corrected chi connectivity index (χ4v) is 3.45. The Balaban J connectivity index is 1.62. The van der Waals surface area contributed by atoms with Crippen LogP contribution in [0.4, 0.5) is 5.82 Å². The number of pyridine rings is 1. The van der Waals surface area contributed by atoms with Crippen LogP contribution in [0.5, 0.6) is 5.88 Å². The molecule has 13 heteroatoms. The molecule has 3 heterocycles.